The maximum atomic E-state index is 12.5. The Balaban J connectivity index is 1.69. The fourth-order valence-electron chi connectivity index (χ4n) is 2.73. The van der Waals surface area contributed by atoms with Crippen LogP contribution in [0.15, 0.2) is 78.9 Å². The topological polar surface area (TPSA) is 101 Å². The van der Waals surface area contributed by atoms with Gasteiger partial charge >= 0.3 is 0 Å². The Bertz CT molecular complexity index is 1020. The Hall–Kier alpha value is -4.00. The lowest BCUT2D eigenvalue weighted by atomic mass is 9.99. The number of nitro benzene ring substituents is 1. The summed E-state index contributed by atoms with van der Waals surface area (Å²) in [6.45, 7) is 0. The molecule has 0 spiro atoms. The van der Waals surface area contributed by atoms with Gasteiger partial charge in [-0.2, -0.15) is 0 Å². The molecule has 3 aromatic carbocycles. The summed E-state index contributed by atoms with van der Waals surface area (Å²) in [4.78, 5) is 34.9. The van der Waals surface area contributed by atoms with Crippen LogP contribution in [0.1, 0.15) is 31.8 Å². The molecule has 28 heavy (non-hydrogen) atoms. The Morgan fingerprint density at radius 1 is 0.821 bits per heavy atom. The highest BCUT2D eigenvalue weighted by Crippen LogP contribution is 2.15. The summed E-state index contributed by atoms with van der Waals surface area (Å²) in [5.41, 5.74) is 6.84. The third-order valence-electron chi connectivity index (χ3n) is 4.11. The third kappa shape index (κ3) is 4.59. The number of nitrogens with zero attached hydrogens (tertiary/aromatic N) is 1. The molecule has 7 nitrogen and oxygen atoms in total. The van der Waals surface area contributed by atoms with Crippen LogP contribution in [0.4, 0.5) is 5.69 Å². The Morgan fingerprint density at radius 3 is 2.25 bits per heavy atom. The molecule has 2 N–H and O–H groups in total. The molecule has 0 atom stereocenters. The van der Waals surface area contributed by atoms with E-state index >= 15 is 0 Å². The molecule has 0 saturated heterocycles. The summed E-state index contributed by atoms with van der Waals surface area (Å²) in [5, 5.41) is 10.8. The normalized spacial score (nSPS) is 10.1. The van der Waals surface area contributed by atoms with Gasteiger partial charge in [-0.05, 0) is 29.7 Å². The molecule has 0 unspecified atom stereocenters. The summed E-state index contributed by atoms with van der Waals surface area (Å²) in [6.07, 6.45) is 0.573. The largest absolute Gasteiger partial charge is 0.270 e. The molecular formula is C21H17N3O4. The highest BCUT2D eigenvalue weighted by atomic mass is 16.6. The van der Waals surface area contributed by atoms with E-state index in [9.17, 15) is 19.7 Å². The van der Waals surface area contributed by atoms with E-state index in [1.165, 1.54) is 18.2 Å². The van der Waals surface area contributed by atoms with Gasteiger partial charge < -0.3 is 0 Å². The maximum absolute atomic E-state index is 12.5. The number of carbonyl (C=O) groups is 2. The standard InChI is InChI=1S/C21H17N3O4/c25-20(17-10-6-11-18(14-17)24(27)28)22-23-21(26)19-12-5-4-9-16(19)13-15-7-2-1-3-8-15/h1-12,14H,13H2,(H,22,25)(H,23,26). The zero-order valence-corrected chi connectivity index (χ0v) is 14.8. The summed E-state index contributed by atoms with van der Waals surface area (Å²) < 4.78 is 0. The molecule has 0 aliphatic carbocycles. The minimum absolute atomic E-state index is 0.0760. The Morgan fingerprint density at radius 2 is 1.50 bits per heavy atom. The highest BCUT2D eigenvalue weighted by molar-refractivity contribution is 6.00. The molecule has 0 radical (unpaired) electrons. The molecule has 0 aliphatic heterocycles. The number of hydrogen-bond acceptors (Lipinski definition) is 4. The average molecular weight is 375 g/mol. The van der Waals surface area contributed by atoms with Crippen LogP contribution in [0, 0.1) is 10.1 Å². The van der Waals surface area contributed by atoms with Crippen molar-refractivity contribution in [3.63, 3.8) is 0 Å². The lowest BCUT2D eigenvalue weighted by Gasteiger charge is -2.11. The van der Waals surface area contributed by atoms with Crippen molar-refractivity contribution in [2.75, 3.05) is 0 Å². The molecule has 3 aromatic rings. The van der Waals surface area contributed by atoms with E-state index in [0.29, 0.717) is 12.0 Å². The van der Waals surface area contributed by atoms with Gasteiger partial charge in [0.2, 0.25) is 0 Å². The monoisotopic (exact) mass is 375 g/mol. The minimum Gasteiger partial charge on any atom is -0.267 e. The molecule has 2 amide bonds. The SMILES string of the molecule is O=C(NNC(=O)c1ccccc1Cc1ccccc1)c1cccc([N+](=O)[O-])c1. The lowest BCUT2D eigenvalue weighted by Crippen LogP contribution is -2.42. The van der Waals surface area contributed by atoms with Crippen molar-refractivity contribution in [2.24, 2.45) is 0 Å². The first-order chi connectivity index (χ1) is 13.5. The van der Waals surface area contributed by atoms with E-state index in [1.807, 2.05) is 42.5 Å². The van der Waals surface area contributed by atoms with E-state index in [-0.39, 0.29) is 11.3 Å². The summed E-state index contributed by atoms with van der Waals surface area (Å²) >= 11 is 0. The molecule has 7 heteroatoms. The van der Waals surface area contributed by atoms with Crippen molar-refractivity contribution in [3.05, 3.63) is 111 Å². The van der Waals surface area contributed by atoms with Crippen molar-refractivity contribution in [3.8, 4) is 0 Å². The summed E-state index contributed by atoms with van der Waals surface area (Å²) in [6, 6.07) is 22.1. The first kappa shape index (κ1) is 18.8. The highest BCUT2D eigenvalue weighted by Gasteiger charge is 2.14. The van der Waals surface area contributed by atoms with Crippen LogP contribution in [-0.2, 0) is 6.42 Å². The fraction of sp³-hybridized carbons (Fsp3) is 0.0476. The molecule has 0 bridgehead atoms. The number of amides is 2. The molecule has 0 aliphatic rings. The summed E-state index contributed by atoms with van der Waals surface area (Å²) in [7, 11) is 0. The molecule has 0 aromatic heterocycles. The van der Waals surface area contributed by atoms with Crippen molar-refractivity contribution >= 4 is 17.5 Å². The zero-order valence-electron chi connectivity index (χ0n) is 14.8. The first-order valence-electron chi connectivity index (χ1n) is 8.51. The van der Waals surface area contributed by atoms with Gasteiger partial charge in [0, 0.05) is 23.3 Å². The third-order valence-corrected chi connectivity index (χ3v) is 4.11. The lowest BCUT2D eigenvalue weighted by molar-refractivity contribution is -0.384. The number of benzene rings is 3. The Kier molecular flexibility index (Phi) is 5.76. The van der Waals surface area contributed by atoms with Crippen LogP contribution in [0.2, 0.25) is 0 Å². The second-order valence-electron chi connectivity index (χ2n) is 6.04. The molecule has 140 valence electrons. The van der Waals surface area contributed by atoms with Gasteiger partial charge in [0.05, 0.1) is 4.92 Å². The van der Waals surface area contributed by atoms with Crippen molar-refractivity contribution in [2.45, 2.75) is 6.42 Å². The molecule has 0 saturated carbocycles. The quantitative estimate of drug-likeness (QED) is 0.528. The van der Waals surface area contributed by atoms with Crippen molar-refractivity contribution in [1.29, 1.82) is 0 Å². The van der Waals surface area contributed by atoms with Crippen LogP contribution in [-0.4, -0.2) is 16.7 Å². The number of rotatable bonds is 5. The fourth-order valence-corrected chi connectivity index (χ4v) is 2.73. The number of hydrogen-bond donors (Lipinski definition) is 2. The maximum Gasteiger partial charge on any atom is 0.270 e. The van der Waals surface area contributed by atoms with Crippen molar-refractivity contribution < 1.29 is 14.5 Å². The second kappa shape index (κ2) is 8.59. The van der Waals surface area contributed by atoms with E-state index < -0.39 is 16.7 Å². The van der Waals surface area contributed by atoms with E-state index in [4.69, 9.17) is 0 Å². The zero-order chi connectivity index (χ0) is 19.9. The summed E-state index contributed by atoms with van der Waals surface area (Å²) in [5.74, 6) is -1.11. The average Bonchev–Trinajstić information content (AvgIpc) is 2.73. The number of non-ortho nitro benzene ring substituents is 1. The molecule has 0 heterocycles. The van der Waals surface area contributed by atoms with E-state index in [2.05, 4.69) is 10.9 Å². The van der Waals surface area contributed by atoms with E-state index in [0.717, 1.165) is 17.2 Å². The number of hydrazine groups is 1. The van der Waals surface area contributed by atoms with Gasteiger partial charge in [-0.25, -0.2) is 0 Å². The van der Waals surface area contributed by atoms with Crippen LogP contribution in [0.3, 0.4) is 0 Å². The molecule has 3 rings (SSSR count). The number of nitro groups is 1. The van der Waals surface area contributed by atoms with Crippen LogP contribution in [0.25, 0.3) is 0 Å². The smallest absolute Gasteiger partial charge is 0.267 e. The predicted octanol–water partition coefficient (Wildman–Crippen LogP) is 3.26. The predicted molar refractivity (Wildman–Crippen MR) is 104 cm³/mol. The Labute approximate surface area is 161 Å². The van der Waals surface area contributed by atoms with Gasteiger partial charge in [0.15, 0.2) is 0 Å². The van der Waals surface area contributed by atoms with Gasteiger partial charge in [-0.1, -0.05) is 54.6 Å². The van der Waals surface area contributed by atoms with Crippen LogP contribution >= 0.6 is 0 Å². The molecule has 0 fully saturated rings. The van der Waals surface area contributed by atoms with Crippen molar-refractivity contribution in [1.82, 2.24) is 10.9 Å². The molecular weight excluding hydrogens is 358 g/mol. The minimum atomic E-state index is -0.641. The van der Waals surface area contributed by atoms with Gasteiger partial charge in [-0.3, -0.25) is 30.6 Å². The number of nitrogens with one attached hydrogen (secondary N) is 2. The van der Waals surface area contributed by atoms with E-state index in [1.54, 1.807) is 12.1 Å². The van der Waals surface area contributed by atoms with Gasteiger partial charge in [0.25, 0.3) is 17.5 Å². The second-order valence-corrected chi connectivity index (χ2v) is 6.04. The number of carbonyl (C=O) groups excluding carboxylic acids is 2. The van der Waals surface area contributed by atoms with Crippen LogP contribution < -0.4 is 10.9 Å². The first-order valence-corrected chi connectivity index (χ1v) is 8.51. The van der Waals surface area contributed by atoms with Crippen LogP contribution in [0.5, 0.6) is 0 Å². The van der Waals surface area contributed by atoms with Gasteiger partial charge in [-0.15, -0.1) is 0 Å². The van der Waals surface area contributed by atoms with Gasteiger partial charge in [0.1, 0.15) is 0 Å².